The summed E-state index contributed by atoms with van der Waals surface area (Å²) in [4.78, 5) is 11.2. The Morgan fingerprint density at radius 1 is 1.53 bits per heavy atom. The maximum absolute atomic E-state index is 11.2. The molecule has 82 valence electrons. The fraction of sp³-hybridized carbons (Fsp3) is 0.300. The first-order chi connectivity index (χ1) is 7.08. The molecule has 0 aliphatic rings. The van der Waals surface area contributed by atoms with Gasteiger partial charge in [0, 0.05) is 13.1 Å². The van der Waals surface area contributed by atoms with Crippen molar-refractivity contribution in [2.45, 2.75) is 13.3 Å². The Labute approximate surface area is 88.5 Å². The number of carbonyl (C=O) groups excluding carboxylic acids is 1. The van der Waals surface area contributed by atoms with Gasteiger partial charge >= 0.3 is 6.03 Å². The van der Waals surface area contributed by atoms with Crippen molar-refractivity contribution in [3.63, 3.8) is 0 Å². The fourth-order valence-corrected chi connectivity index (χ4v) is 1.24. The molecular weight excluding hydrogens is 194 g/mol. The number of nitrogens with one attached hydrogen (secondary N) is 1. The van der Waals surface area contributed by atoms with E-state index in [0.717, 1.165) is 17.0 Å². The van der Waals surface area contributed by atoms with Crippen LogP contribution in [0.2, 0.25) is 0 Å². The molecule has 15 heavy (non-hydrogen) atoms. The lowest BCUT2D eigenvalue weighted by molar-refractivity contribution is 0.248. The number of phenolic OH excluding ortho intramolecular Hbond substituents is 1. The lowest BCUT2D eigenvalue weighted by atomic mass is 10.1. The van der Waals surface area contributed by atoms with Crippen LogP contribution < -0.4 is 16.2 Å². The first-order valence-electron chi connectivity index (χ1n) is 4.68. The van der Waals surface area contributed by atoms with Crippen LogP contribution in [0.5, 0.6) is 5.75 Å². The Balaban J connectivity index is 3.03. The van der Waals surface area contributed by atoms with E-state index in [1.54, 1.807) is 12.1 Å². The number of nitrogens with zero attached hydrogens (tertiary/aromatic N) is 1. The van der Waals surface area contributed by atoms with Gasteiger partial charge in [0.05, 0.1) is 5.69 Å². The molecule has 0 spiro atoms. The minimum absolute atomic E-state index is 0.101. The van der Waals surface area contributed by atoms with Gasteiger partial charge < -0.3 is 10.4 Å². The van der Waals surface area contributed by atoms with Crippen LogP contribution in [0.15, 0.2) is 18.2 Å². The summed E-state index contributed by atoms with van der Waals surface area (Å²) in [6.07, 6.45) is 0.767. The van der Waals surface area contributed by atoms with Crippen molar-refractivity contribution in [1.29, 1.82) is 0 Å². The highest BCUT2D eigenvalue weighted by Gasteiger charge is 2.10. The average Bonchev–Trinajstić information content (AvgIpc) is 2.26. The molecule has 0 saturated carbocycles. The third kappa shape index (κ3) is 2.60. The Morgan fingerprint density at radius 2 is 2.20 bits per heavy atom. The number of phenols is 1. The number of aryl methyl sites for hydroxylation is 1. The summed E-state index contributed by atoms with van der Waals surface area (Å²) in [6.45, 7) is 1.96. The van der Waals surface area contributed by atoms with Gasteiger partial charge in [-0.1, -0.05) is 6.92 Å². The van der Waals surface area contributed by atoms with E-state index in [0.29, 0.717) is 5.69 Å². The van der Waals surface area contributed by atoms with Crippen LogP contribution in [0.1, 0.15) is 12.5 Å². The summed E-state index contributed by atoms with van der Waals surface area (Å²) in [6, 6.07) is 4.41. The molecular formula is C10H15N3O2. The standard InChI is InChI=1S/C10H15N3O2/c1-3-7-4-8(6-9(14)5-7)13(11)10(15)12-2/h4-6,14H,3,11H2,1-2H3,(H,12,15). The van der Waals surface area contributed by atoms with Crippen LogP contribution >= 0.6 is 0 Å². The molecule has 5 nitrogen and oxygen atoms in total. The lowest BCUT2D eigenvalue weighted by Gasteiger charge is -2.16. The highest BCUT2D eigenvalue weighted by Crippen LogP contribution is 2.21. The number of hydrogen-bond donors (Lipinski definition) is 3. The van der Waals surface area contributed by atoms with Crippen molar-refractivity contribution in [3.05, 3.63) is 23.8 Å². The largest absolute Gasteiger partial charge is 0.508 e. The lowest BCUT2D eigenvalue weighted by Crippen LogP contribution is -2.43. The minimum Gasteiger partial charge on any atom is -0.508 e. The SMILES string of the molecule is CCc1cc(O)cc(N(N)C(=O)NC)c1. The minimum atomic E-state index is -0.428. The molecule has 0 aliphatic heterocycles. The van der Waals surface area contributed by atoms with Gasteiger partial charge in [0.25, 0.3) is 0 Å². The normalized spacial score (nSPS) is 9.80. The predicted molar refractivity (Wildman–Crippen MR) is 58.6 cm³/mol. The molecule has 1 aromatic rings. The third-order valence-corrected chi connectivity index (χ3v) is 2.08. The highest BCUT2D eigenvalue weighted by atomic mass is 16.3. The summed E-state index contributed by atoms with van der Waals surface area (Å²) < 4.78 is 0. The summed E-state index contributed by atoms with van der Waals surface area (Å²) in [7, 11) is 1.49. The van der Waals surface area contributed by atoms with Crippen molar-refractivity contribution >= 4 is 11.7 Å². The Kier molecular flexibility index (Phi) is 3.51. The van der Waals surface area contributed by atoms with Gasteiger partial charge in [-0.3, -0.25) is 0 Å². The van der Waals surface area contributed by atoms with Gasteiger partial charge in [-0.25, -0.2) is 15.6 Å². The number of carbonyl (C=O) groups is 1. The van der Waals surface area contributed by atoms with Crippen molar-refractivity contribution in [2.24, 2.45) is 5.84 Å². The second kappa shape index (κ2) is 4.65. The molecule has 5 heteroatoms. The number of hydrazine groups is 1. The molecule has 0 unspecified atom stereocenters. The molecule has 0 radical (unpaired) electrons. The molecule has 0 fully saturated rings. The average molecular weight is 209 g/mol. The molecule has 1 aromatic carbocycles. The maximum Gasteiger partial charge on any atom is 0.336 e. The molecule has 1 rings (SSSR count). The molecule has 0 saturated heterocycles. The van der Waals surface area contributed by atoms with Crippen LogP contribution in [0.4, 0.5) is 10.5 Å². The Morgan fingerprint density at radius 3 is 2.73 bits per heavy atom. The summed E-state index contributed by atoms with van der Waals surface area (Å²) in [5.41, 5.74) is 1.38. The number of aromatic hydroxyl groups is 1. The van der Waals surface area contributed by atoms with E-state index in [1.807, 2.05) is 6.92 Å². The van der Waals surface area contributed by atoms with E-state index >= 15 is 0 Å². The van der Waals surface area contributed by atoms with Crippen LogP contribution in [-0.4, -0.2) is 18.2 Å². The number of benzene rings is 1. The van der Waals surface area contributed by atoms with Crippen molar-refractivity contribution in [2.75, 3.05) is 12.1 Å². The predicted octanol–water partition coefficient (Wildman–Crippen LogP) is 0.974. The third-order valence-electron chi connectivity index (χ3n) is 2.08. The molecule has 0 atom stereocenters. The first kappa shape index (κ1) is 11.3. The number of anilines is 1. The van der Waals surface area contributed by atoms with Gasteiger partial charge in [0.1, 0.15) is 5.75 Å². The molecule has 0 aromatic heterocycles. The van der Waals surface area contributed by atoms with Crippen LogP contribution in [0, 0.1) is 0 Å². The maximum atomic E-state index is 11.2. The number of urea groups is 1. The van der Waals surface area contributed by atoms with Gasteiger partial charge in [-0.2, -0.15) is 0 Å². The van der Waals surface area contributed by atoms with Crippen molar-refractivity contribution < 1.29 is 9.90 Å². The van der Waals surface area contributed by atoms with Gasteiger partial charge in [-0.15, -0.1) is 0 Å². The van der Waals surface area contributed by atoms with Gasteiger partial charge in [0.2, 0.25) is 0 Å². The number of hydrogen-bond acceptors (Lipinski definition) is 3. The van der Waals surface area contributed by atoms with E-state index in [-0.39, 0.29) is 5.75 Å². The highest BCUT2D eigenvalue weighted by molar-refractivity contribution is 5.90. The van der Waals surface area contributed by atoms with Gasteiger partial charge in [0.15, 0.2) is 0 Å². The summed E-state index contributed by atoms with van der Waals surface area (Å²) >= 11 is 0. The monoisotopic (exact) mass is 209 g/mol. The molecule has 4 N–H and O–H groups in total. The zero-order valence-corrected chi connectivity index (χ0v) is 8.82. The smallest absolute Gasteiger partial charge is 0.336 e. The van der Waals surface area contributed by atoms with E-state index in [9.17, 15) is 9.90 Å². The number of rotatable bonds is 2. The van der Waals surface area contributed by atoms with E-state index in [2.05, 4.69) is 5.32 Å². The molecule has 0 bridgehead atoms. The zero-order valence-electron chi connectivity index (χ0n) is 8.82. The molecule has 0 heterocycles. The zero-order chi connectivity index (χ0) is 11.4. The summed E-state index contributed by atoms with van der Waals surface area (Å²) in [5, 5.41) is 12.8. The van der Waals surface area contributed by atoms with Crippen LogP contribution in [0.3, 0.4) is 0 Å². The number of amides is 2. The van der Waals surface area contributed by atoms with E-state index in [4.69, 9.17) is 5.84 Å². The quantitative estimate of drug-likeness (QED) is 0.386. The van der Waals surface area contributed by atoms with Crippen LogP contribution in [0.25, 0.3) is 0 Å². The summed E-state index contributed by atoms with van der Waals surface area (Å²) in [5.74, 6) is 5.65. The topological polar surface area (TPSA) is 78.6 Å². The Hall–Kier alpha value is -1.75. The first-order valence-corrected chi connectivity index (χ1v) is 4.68. The fourth-order valence-electron chi connectivity index (χ4n) is 1.24. The number of nitrogens with two attached hydrogens (primary N) is 1. The van der Waals surface area contributed by atoms with E-state index in [1.165, 1.54) is 13.1 Å². The van der Waals surface area contributed by atoms with Crippen molar-refractivity contribution in [1.82, 2.24) is 5.32 Å². The second-order valence-electron chi connectivity index (χ2n) is 3.14. The second-order valence-corrected chi connectivity index (χ2v) is 3.14. The van der Waals surface area contributed by atoms with Crippen LogP contribution in [-0.2, 0) is 6.42 Å². The molecule has 0 aliphatic carbocycles. The van der Waals surface area contributed by atoms with E-state index < -0.39 is 6.03 Å². The van der Waals surface area contributed by atoms with Gasteiger partial charge in [-0.05, 0) is 24.1 Å². The molecule has 2 amide bonds. The Bertz CT molecular complexity index is 366. The van der Waals surface area contributed by atoms with Crippen molar-refractivity contribution in [3.8, 4) is 5.75 Å².